The van der Waals surface area contributed by atoms with Gasteiger partial charge in [-0.15, -0.1) is 5.10 Å². The van der Waals surface area contributed by atoms with Crippen molar-refractivity contribution in [3.05, 3.63) is 42.1 Å². The number of benzene rings is 1. The zero-order valence-electron chi connectivity index (χ0n) is 7.32. The zero-order valence-corrected chi connectivity index (χ0v) is 7.32. The molecule has 1 heterocycles. The molecular formula is C10H10N2O. The van der Waals surface area contributed by atoms with Crippen molar-refractivity contribution in [1.82, 2.24) is 10.2 Å². The largest absolute Gasteiger partial charge is 0.438 e. The molecular weight excluding hydrogens is 164 g/mol. The summed E-state index contributed by atoms with van der Waals surface area (Å²) < 4.78 is 5.46. The molecule has 0 spiro atoms. The van der Waals surface area contributed by atoms with Crippen molar-refractivity contribution in [3.63, 3.8) is 0 Å². The van der Waals surface area contributed by atoms with Gasteiger partial charge in [0.15, 0.2) is 0 Å². The van der Waals surface area contributed by atoms with E-state index in [2.05, 4.69) is 10.2 Å². The first-order valence-electron chi connectivity index (χ1n) is 4.09. The molecule has 0 aliphatic carbocycles. The number of hydrogen-bond donors (Lipinski definition) is 1. The molecule has 2 rings (SSSR count). The topological polar surface area (TPSA) is 37.9 Å². The number of aryl methyl sites for hydroxylation is 1. The monoisotopic (exact) mass is 174 g/mol. The molecule has 13 heavy (non-hydrogen) atoms. The van der Waals surface area contributed by atoms with E-state index in [4.69, 9.17) is 4.74 Å². The summed E-state index contributed by atoms with van der Waals surface area (Å²) in [4.78, 5) is 0. The number of ether oxygens (including phenoxy) is 1. The molecule has 1 aromatic carbocycles. The Labute approximate surface area is 76.4 Å². The summed E-state index contributed by atoms with van der Waals surface area (Å²) >= 11 is 0. The second-order valence-electron chi connectivity index (χ2n) is 2.80. The third-order valence-electron chi connectivity index (χ3n) is 1.65. The quantitative estimate of drug-likeness (QED) is 0.759. The van der Waals surface area contributed by atoms with E-state index < -0.39 is 0 Å². The molecule has 0 fully saturated rings. The SMILES string of the molecule is Cc1cc(Oc2ccccc2)n[nH]1. The first kappa shape index (κ1) is 7.86. The summed E-state index contributed by atoms with van der Waals surface area (Å²) in [6.07, 6.45) is 0. The maximum Gasteiger partial charge on any atom is 0.238 e. The number of H-pyrrole nitrogens is 1. The van der Waals surface area contributed by atoms with Crippen LogP contribution >= 0.6 is 0 Å². The molecule has 0 saturated heterocycles. The van der Waals surface area contributed by atoms with Crippen molar-refractivity contribution in [2.45, 2.75) is 6.92 Å². The predicted molar refractivity (Wildman–Crippen MR) is 49.8 cm³/mol. The minimum Gasteiger partial charge on any atom is -0.438 e. The van der Waals surface area contributed by atoms with Crippen LogP contribution in [-0.2, 0) is 0 Å². The summed E-state index contributed by atoms with van der Waals surface area (Å²) in [6.45, 7) is 1.94. The van der Waals surface area contributed by atoms with Gasteiger partial charge in [0.2, 0.25) is 5.88 Å². The van der Waals surface area contributed by atoms with Gasteiger partial charge in [-0.1, -0.05) is 18.2 Å². The minimum absolute atomic E-state index is 0.601. The highest BCUT2D eigenvalue weighted by atomic mass is 16.5. The van der Waals surface area contributed by atoms with E-state index in [0.717, 1.165) is 11.4 Å². The van der Waals surface area contributed by atoms with Gasteiger partial charge in [-0.2, -0.15) is 0 Å². The standard InChI is InChI=1S/C10H10N2O/c1-8-7-10(12-11-8)13-9-5-3-2-4-6-9/h2-7H,1H3,(H,11,12). The zero-order chi connectivity index (χ0) is 9.10. The Kier molecular flexibility index (Phi) is 2.00. The number of aromatic amines is 1. The molecule has 66 valence electrons. The van der Waals surface area contributed by atoms with Crippen molar-refractivity contribution in [2.24, 2.45) is 0 Å². The molecule has 3 heteroatoms. The highest BCUT2D eigenvalue weighted by Crippen LogP contribution is 2.18. The fourth-order valence-electron chi connectivity index (χ4n) is 1.05. The van der Waals surface area contributed by atoms with Gasteiger partial charge in [0, 0.05) is 11.8 Å². The van der Waals surface area contributed by atoms with Crippen LogP contribution in [0.2, 0.25) is 0 Å². The minimum atomic E-state index is 0.601. The van der Waals surface area contributed by atoms with Gasteiger partial charge >= 0.3 is 0 Å². The maximum absolute atomic E-state index is 5.46. The van der Waals surface area contributed by atoms with Crippen molar-refractivity contribution >= 4 is 0 Å². The molecule has 0 atom stereocenters. The van der Waals surface area contributed by atoms with Crippen LogP contribution in [0, 0.1) is 6.92 Å². The third-order valence-corrected chi connectivity index (χ3v) is 1.65. The van der Waals surface area contributed by atoms with Gasteiger partial charge < -0.3 is 4.74 Å². The first-order valence-corrected chi connectivity index (χ1v) is 4.09. The van der Waals surface area contributed by atoms with Gasteiger partial charge in [0.25, 0.3) is 0 Å². The van der Waals surface area contributed by atoms with E-state index in [9.17, 15) is 0 Å². The molecule has 0 unspecified atom stereocenters. The molecule has 0 aliphatic heterocycles. The van der Waals surface area contributed by atoms with Gasteiger partial charge in [0.1, 0.15) is 5.75 Å². The lowest BCUT2D eigenvalue weighted by atomic mass is 10.3. The fourth-order valence-corrected chi connectivity index (χ4v) is 1.05. The Morgan fingerprint density at radius 2 is 2.00 bits per heavy atom. The molecule has 0 aliphatic rings. The number of hydrogen-bond acceptors (Lipinski definition) is 2. The van der Waals surface area contributed by atoms with E-state index in [-0.39, 0.29) is 0 Å². The predicted octanol–water partition coefficient (Wildman–Crippen LogP) is 2.51. The molecule has 2 aromatic rings. The van der Waals surface area contributed by atoms with E-state index >= 15 is 0 Å². The van der Waals surface area contributed by atoms with Crippen molar-refractivity contribution in [1.29, 1.82) is 0 Å². The van der Waals surface area contributed by atoms with Crippen LogP contribution in [0.5, 0.6) is 11.6 Å². The number of rotatable bonds is 2. The summed E-state index contributed by atoms with van der Waals surface area (Å²) in [7, 11) is 0. The lowest BCUT2D eigenvalue weighted by molar-refractivity contribution is 0.461. The van der Waals surface area contributed by atoms with Crippen LogP contribution in [0.15, 0.2) is 36.4 Å². The maximum atomic E-state index is 5.46. The Morgan fingerprint density at radius 3 is 2.62 bits per heavy atom. The van der Waals surface area contributed by atoms with Crippen LogP contribution in [0.1, 0.15) is 5.69 Å². The van der Waals surface area contributed by atoms with Crippen LogP contribution in [-0.4, -0.2) is 10.2 Å². The lowest BCUT2D eigenvalue weighted by Crippen LogP contribution is -1.82. The summed E-state index contributed by atoms with van der Waals surface area (Å²) in [5.74, 6) is 1.40. The Morgan fingerprint density at radius 1 is 1.23 bits per heavy atom. The molecule has 0 saturated carbocycles. The molecule has 0 radical (unpaired) electrons. The van der Waals surface area contributed by atoms with E-state index in [1.165, 1.54) is 0 Å². The van der Waals surface area contributed by atoms with E-state index in [0.29, 0.717) is 5.88 Å². The van der Waals surface area contributed by atoms with E-state index in [1.807, 2.05) is 43.3 Å². The molecule has 3 nitrogen and oxygen atoms in total. The smallest absolute Gasteiger partial charge is 0.238 e. The highest BCUT2D eigenvalue weighted by molar-refractivity contribution is 5.26. The summed E-state index contributed by atoms with van der Waals surface area (Å²) in [5.41, 5.74) is 0.992. The first-order chi connectivity index (χ1) is 6.34. The Bertz CT molecular complexity index is 381. The molecule has 1 N–H and O–H groups in total. The average molecular weight is 174 g/mol. The average Bonchev–Trinajstić information content (AvgIpc) is 2.53. The van der Waals surface area contributed by atoms with Gasteiger partial charge in [-0.05, 0) is 19.1 Å². The normalized spacial score (nSPS) is 9.92. The van der Waals surface area contributed by atoms with Crippen LogP contribution in [0.25, 0.3) is 0 Å². The second kappa shape index (κ2) is 3.31. The third kappa shape index (κ3) is 1.87. The summed E-state index contributed by atoms with van der Waals surface area (Å²) in [5, 5.41) is 6.78. The van der Waals surface area contributed by atoms with Crippen LogP contribution in [0.3, 0.4) is 0 Å². The molecule has 0 amide bonds. The Hall–Kier alpha value is -1.77. The number of nitrogens with zero attached hydrogens (tertiary/aromatic N) is 1. The molecule has 1 aromatic heterocycles. The molecule has 0 bridgehead atoms. The number of nitrogens with one attached hydrogen (secondary N) is 1. The van der Waals surface area contributed by atoms with Crippen molar-refractivity contribution in [2.75, 3.05) is 0 Å². The number of aromatic nitrogens is 2. The van der Waals surface area contributed by atoms with E-state index in [1.54, 1.807) is 0 Å². The Balaban J connectivity index is 2.15. The second-order valence-corrected chi connectivity index (χ2v) is 2.80. The van der Waals surface area contributed by atoms with Gasteiger partial charge in [-0.25, -0.2) is 0 Å². The van der Waals surface area contributed by atoms with Crippen LogP contribution in [0.4, 0.5) is 0 Å². The van der Waals surface area contributed by atoms with Gasteiger partial charge in [-0.3, -0.25) is 5.10 Å². The van der Waals surface area contributed by atoms with Crippen molar-refractivity contribution < 1.29 is 4.74 Å². The number of para-hydroxylation sites is 1. The van der Waals surface area contributed by atoms with Crippen molar-refractivity contribution in [3.8, 4) is 11.6 Å². The highest BCUT2D eigenvalue weighted by Gasteiger charge is 1.98. The lowest BCUT2D eigenvalue weighted by Gasteiger charge is -1.99. The van der Waals surface area contributed by atoms with Crippen LogP contribution < -0.4 is 4.74 Å². The van der Waals surface area contributed by atoms with Gasteiger partial charge in [0.05, 0.1) is 0 Å². The fraction of sp³-hybridized carbons (Fsp3) is 0.100. The summed E-state index contributed by atoms with van der Waals surface area (Å²) in [6, 6.07) is 11.4.